The van der Waals surface area contributed by atoms with Crippen LogP contribution in [0, 0.1) is 0 Å². The second kappa shape index (κ2) is 7.36. The molecule has 0 saturated heterocycles. The summed E-state index contributed by atoms with van der Waals surface area (Å²) in [7, 11) is -1.71. The van der Waals surface area contributed by atoms with Crippen LogP contribution in [0.5, 0.6) is 0 Å². The van der Waals surface area contributed by atoms with Gasteiger partial charge in [0.25, 0.3) is 0 Å². The van der Waals surface area contributed by atoms with Crippen molar-refractivity contribution in [1.82, 2.24) is 20.1 Å². The van der Waals surface area contributed by atoms with Crippen molar-refractivity contribution in [2.45, 2.75) is 30.7 Å². The molecule has 1 aromatic carbocycles. The van der Waals surface area contributed by atoms with Crippen molar-refractivity contribution in [1.29, 1.82) is 0 Å². The molecule has 0 saturated carbocycles. The summed E-state index contributed by atoms with van der Waals surface area (Å²) in [5.41, 5.74) is 0. The highest BCUT2D eigenvalue weighted by Gasteiger charge is 2.20. The fourth-order valence-electron chi connectivity index (χ4n) is 2.21. The van der Waals surface area contributed by atoms with Crippen LogP contribution < -0.4 is 5.32 Å². The molecule has 23 heavy (non-hydrogen) atoms. The Morgan fingerprint density at radius 1 is 1.30 bits per heavy atom. The maximum absolute atomic E-state index is 12.2. The highest BCUT2D eigenvalue weighted by atomic mass is 32.2. The monoisotopic (exact) mass is 336 g/mol. The molecule has 2 aromatic rings. The van der Waals surface area contributed by atoms with Crippen molar-refractivity contribution in [2.75, 3.05) is 5.75 Å². The first-order valence-electron chi connectivity index (χ1n) is 7.35. The molecule has 0 bridgehead atoms. The van der Waals surface area contributed by atoms with Gasteiger partial charge in [-0.15, -0.1) is 0 Å². The van der Waals surface area contributed by atoms with Gasteiger partial charge < -0.3 is 5.32 Å². The van der Waals surface area contributed by atoms with Crippen molar-refractivity contribution in [3.8, 4) is 0 Å². The Kier molecular flexibility index (Phi) is 5.49. The number of sulfone groups is 1. The van der Waals surface area contributed by atoms with Crippen LogP contribution in [0.2, 0.25) is 0 Å². The summed E-state index contributed by atoms with van der Waals surface area (Å²) in [4.78, 5) is 16.4. The van der Waals surface area contributed by atoms with Crippen LogP contribution in [0.1, 0.15) is 31.6 Å². The Hall–Kier alpha value is -2.22. The standard InChI is InChI=1S/C15H20N4O3S/c1-3-13(15-16-11-17-19(15)2)18-14(20)9-10-23(21,22)12-7-5-4-6-8-12/h4-8,11,13H,3,9-10H2,1-2H3,(H,18,20)/t13-/m1/s1. The van der Waals surface area contributed by atoms with Gasteiger partial charge in [0.15, 0.2) is 9.84 Å². The zero-order valence-electron chi connectivity index (χ0n) is 13.1. The Labute approximate surface area is 135 Å². The van der Waals surface area contributed by atoms with Gasteiger partial charge in [0, 0.05) is 13.5 Å². The smallest absolute Gasteiger partial charge is 0.221 e. The predicted molar refractivity (Wildman–Crippen MR) is 85.3 cm³/mol. The van der Waals surface area contributed by atoms with Crippen molar-refractivity contribution >= 4 is 15.7 Å². The molecule has 7 nitrogen and oxygen atoms in total. The molecule has 0 unspecified atom stereocenters. The van der Waals surface area contributed by atoms with Gasteiger partial charge >= 0.3 is 0 Å². The van der Waals surface area contributed by atoms with Gasteiger partial charge in [-0.25, -0.2) is 13.4 Å². The molecule has 124 valence electrons. The minimum Gasteiger partial charge on any atom is -0.346 e. The Morgan fingerprint density at radius 2 is 2.00 bits per heavy atom. The molecule has 0 fully saturated rings. The second-order valence-corrected chi connectivity index (χ2v) is 7.26. The SMILES string of the molecule is CC[C@@H](NC(=O)CCS(=O)(=O)c1ccccc1)c1ncnn1C. The lowest BCUT2D eigenvalue weighted by Crippen LogP contribution is -2.31. The maximum Gasteiger partial charge on any atom is 0.221 e. The molecule has 1 amide bonds. The molecule has 1 N–H and O–H groups in total. The average molecular weight is 336 g/mol. The van der Waals surface area contributed by atoms with Crippen LogP contribution in [-0.4, -0.2) is 34.8 Å². The first-order chi connectivity index (χ1) is 10.9. The van der Waals surface area contributed by atoms with E-state index in [2.05, 4.69) is 15.4 Å². The largest absolute Gasteiger partial charge is 0.346 e. The third-order valence-corrected chi connectivity index (χ3v) is 5.23. The lowest BCUT2D eigenvalue weighted by Gasteiger charge is -2.16. The number of aromatic nitrogens is 3. The third kappa shape index (κ3) is 4.38. The quantitative estimate of drug-likeness (QED) is 0.821. The van der Waals surface area contributed by atoms with Gasteiger partial charge in [-0.1, -0.05) is 25.1 Å². The number of hydrogen-bond donors (Lipinski definition) is 1. The lowest BCUT2D eigenvalue weighted by molar-refractivity contribution is -0.121. The van der Waals surface area contributed by atoms with Gasteiger partial charge in [0.2, 0.25) is 5.91 Å². The van der Waals surface area contributed by atoms with Crippen molar-refractivity contribution in [3.05, 3.63) is 42.5 Å². The zero-order chi connectivity index (χ0) is 16.9. The van der Waals surface area contributed by atoms with Gasteiger partial charge in [0.05, 0.1) is 16.7 Å². The zero-order valence-corrected chi connectivity index (χ0v) is 14.0. The van der Waals surface area contributed by atoms with Crippen LogP contribution in [-0.2, 0) is 21.7 Å². The second-order valence-electron chi connectivity index (χ2n) is 5.15. The molecule has 0 radical (unpaired) electrons. The number of amides is 1. The highest BCUT2D eigenvalue weighted by molar-refractivity contribution is 7.91. The number of nitrogens with zero attached hydrogens (tertiary/aromatic N) is 3. The van der Waals surface area contributed by atoms with E-state index in [4.69, 9.17) is 0 Å². The van der Waals surface area contributed by atoms with Crippen molar-refractivity contribution in [3.63, 3.8) is 0 Å². The van der Waals surface area contributed by atoms with Crippen LogP contribution >= 0.6 is 0 Å². The summed E-state index contributed by atoms with van der Waals surface area (Å²) in [5.74, 6) is 0.101. The summed E-state index contributed by atoms with van der Waals surface area (Å²) in [5, 5.41) is 6.78. The van der Waals surface area contributed by atoms with Gasteiger partial charge in [-0.05, 0) is 18.6 Å². The highest BCUT2D eigenvalue weighted by Crippen LogP contribution is 2.14. The lowest BCUT2D eigenvalue weighted by atomic mass is 10.2. The summed E-state index contributed by atoms with van der Waals surface area (Å²) in [6, 6.07) is 7.85. The number of carbonyl (C=O) groups excluding carboxylic acids is 1. The van der Waals surface area contributed by atoms with E-state index < -0.39 is 9.84 Å². The van der Waals surface area contributed by atoms with Crippen LogP contribution in [0.3, 0.4) is 0 Å². The average Bonchev–Trinajstić information content (AvgIpc) is 2.97. The minimum absolute atomic E-state index is 0.0917. The molecule has 0 aliphatic heterocycles. The summed E-state index contributed by atoms with van der Waals surface area (Å²) in [6.07, 6.45) is 1.97. The van der Waals surface area contributed by atoms with E-state index in [-0.39, 0.29) is 29.0 Å². The van der Waals surface area contributed by atoms with Crippen LogP contribution in [0.15, 0.2) is 41.6 Å². The predicted octanol–water partition coefficient (Wildman–Crippen LogP) is 1.25. The van der Waals surface area contributed by atoms with Gasteiger partial charge in [0.1, 0.15) is 12.2 Å². The molecule has 0 aliphatic carbocycles. The Morgan fingerprint density at radius 3 is 2.57 bits per heavy atom. The fraction of sp³-hybridized carbons (Fsp3) is 0.400. The van der Waals surface area contributed by atoms with E-state index in [1.165, 1.54) is 18.5 Å². The summed E-state index contributed by atoms with van der Waals surface area (Å²) < 4.78 is 25.9. The molecular weight excluding hydrogens is 316 g/mol. The molecule has 1 aromatic heterocycles. The normalized spacial score (nSPS) is 12.8. The van der Waals surface area contributed by atoms with E-state index in [1.807, 2.05) is 6.92 Å². The molecule has 8 heteroatoms. The summed E-state index contributed by atoms with van der Waals surface area (Å²) >= 11 is 0. The number of hydrogen-bond acceptors (Lipinski definition) is 5. The van der Waals surface area contributed by atoms with Crippen LogP contribution in [0.25, 0.3) is 0 Å². The van der Waals surface area contributed by atoms with E-state index in [9.17, 15) is 13.2 Å². The van der Waals surface area contributed by atoms with E-state index in [1.54, 1.807) is 29.9 Å². The molecule has 0 spiro atoms. The van der Waals surface area contributed by atoms with E-state index in [0.29, 0.717) is 12.2 Å². The molecular formula is C15H20N4O3S. The molecule has 2 rings (SSSR count). The number of benzene rings is 1. The summed E-state index contributed by atoms with van der Waals surface area (Å²) in [6.45, 7) is 1.92. The van der Waals surface area contributed by atoms with E-state index in [0.717, 1.165) is 0 Å². The maximum atomic E-state index is 12.2. The molecule has 1 atom stereocenters. The van der Waals surface area contributed by atoms with Gasteiger partial charge in [-0.2, -0.15) is 5.10 Å². The fourth-order valence-corrected chi connectivity index (χ4v) is 3.47. The minimum atomic E-state index is -3.45. The van der Waals surface area contributed by atoms with Gasteiger partial charge in [-0.3, -0.25) is 9.48 Å². The van der Waals surface area contributed by atoms with E-state index >= 15 is 0 Å². The Bertz CT molecular complexity index is 756. The molecule has 0 aliphatic rings. The first kappa shape index (κ1) is 17.1. The topological polar surface area (TPSA) is 93.9 Å². The number of rotatable bonds is 7. The van der Waals surface area contributed by atoms with Crippen LogP contribution in [0.4, 0.5) is 0 Å². The first-order valence-corrected chi connectivity index (χ1v) is 9.00. The Balaban J connectivity index is 1.96. The van der Waals surface area contributed by atoms with Crippen molar-refractivity contribution < 1.29 is 13.2 Å². The van der Waals surface area contributed by atoms with Crippen molar-refractivity contribution in [2.24, 2.45) is 7.05 Å². The molecule has 1 heterocycles. The number of aryl methyl sites for hydroxylation is 1. The number of nitrogens with one attached hydrogen (secondary N) is 1. The number of carbonyl (C=O) groups is 1. The third-order valence-electron chi connectivity index (χ3n) is 3.50.